The Morgan fingerprint density at radius 3 is 2.08 bits per heavy atom. The molecule has 0 saturated carbocycles. The van der Waals surface area contributed by atoms with Crippen molar-refractivity contribution in [3.63, 3.8) is 0 Å². The van der Waals surface area contributed by atoms with Crippen LogP contribution in [-0.2, 0) is 4.79 Å². The van der Waals surface area contributed by atoms with Crippen LogP contribution in [0, 0.1) is 0 Å². The van der Waals surface area contributed by atoms with E-state index in [0.29, 0.717) is 0 Å². The Labute approximate surface area is 151 Å². The van der Waals surface area contributed by atoms with Gasteiger partial charge in [0.05, 0.1) is 0 Å². The number of unbranched alkanes of at least 4 members (excludes halogenated alkanes) is 3. The van der Waals surface area contributed by atoms with Gasteiger partial charge in [-0.1, -0.05) is 0 Å². The number of pyridine rings is 1. The normalized spacial score (nSPS) is 12.0. The molecular formula is C20H33NO2Sn. The Hall–Kier alpha value is -0.841. The van der Waals surface area contributed by atoms with Crippen molar-refractivity contribution >= 4 is 34.0 Å². The molecule has 0 fully saturated rings. The van der Waals surface area contributed by atoms with E-state index >= 15 is 0 Å². The molecule has 1 aromatic heterocycles. The zero-order valence-corrected chi connectivity index (χ0v) is 18.4. The molecule has 0 spiro atoms. The van der Waals surface area contributed by atoms with E-state index in [-0.39, 0.29) is 0 Å². The molecule has 0 aliphatic carbocycles. The molecule has 0 radical (unpaired) electrons. The first-order valence-electron chi connectivity index (χ1n) is 9.45. The molecule has 0 aliphatic rings. The number of carbonyl (C=O) groups is 1. The molecule has 1 N–H and O–H groups in total. The van der Waals surface area contributed by atoms with Gasteiger partial charge in [0.15, 0.2) is 0 Å². The summed E-state index contributed by atoms with van der Waals surface area (Å²) in [4.78, 5) is 15.2. The summed E-state index contributed by atoms with van der Waals surface area (Å²) in [6.45, 7) is 6.82. The summed E-state index contributed by atoms with van der Waals surface area (Å²) in [7, 11) is 0. The van der Waals surface area contributed by atoms with E-state index in [1.807, 2.05) is 12.4 Å². The van der Waals surface area contributed by atoms with Gasteiger partial charge in [-0.25, -0.2) is 0 Å². The molecule has 0 unspecified atom stereocenters. The van der Waals surface area contributed by atoms with Crippen molar-refractivity contribution < 1.29 is 9.90 Å². The van der Waals surface area contributed by atoms with Gasteiger partial charge in [-0.2, -0.15) is 0 Å². The SMILES string of the molecule is CCC[CH2][Sn]([CH2]CCC)([CH2]CCC)[c]1ccncc1C=CC(=O)O. The van der Waals surface area contributed by atoms with Crippen LogP contribution in [0.2, 0.25) is 13.3 Å². The van der Waals surface area contributed by atoms with Crippen molar-refractivity contribution in [1.82, 2.24) is 4.98 Å². The summed E-state index contributed by atoms with van der Waals surface area (Å²) in [5.41, 5.74) is 1.05. The van der Waals surface area contributed by atoms with Crippen LogP contribution in [0.5, 0.6) is 0 Å². The molecule has 24 heavy (non-hydrogen) atoms. The van der Waals surface area contributed by atoms with E-state index < -0.39 is 24.3 Å². The first-order valence-corrected chi connectivity index (χ1v) is 16.9. The number of carboxylic acid groups (broad SMARTS) is 1. The van der Waals surface area contributed by atoms with E-state index in [4.69, 9.17) is 5.11 Å². The number of aromatic nitrogens is 1. The zero-order valence-electron chi connectivity index (χ0n) is 15.6. The van der Waals surface area contributed by atoms with Crippen molar-refractivity contribution in [3.8, 4) is 0 Å². The molecule has 0 saturated heterocycles. The molecule has 0 bridgehead atoms. The third-order valence-electron chi connectivity index (χ3n) is 4.86. The number of rotatable bonds is 12. The molecule has 0 amide bonds. The summed E-state index contributed by atoms with van der Waals surface area (Å²) >= 11 is -2.55. The third kappa shape index (κ3) is 6.58. The summed E-state index contributed by atoms with van der Waals surface area (Å²) in [5.74, 6) is -0.888. The Kier molecular flexibility index (Phi) is 10.3. The second-order valence-corrected chi connectivity index (χ2v) is 19.9. The molecule has 4 heteroatoms. The number of hydrogen-bond acceptors (Lipinski definition) is 2. The van der Waals surface area contributed by atoms with Gasteiger partial charge in [-0.3, -0.25) is 0 Å². The van der Waals surface area contributed by atoms with Crippen molar-refractivity contribution in [2.75, 3.05) is 0 Å². The summed E-state index contributed by atoms with van der Waals surface area (Å²) in [5, 5.41) is 9.00. The van der Waals surface area contributed by atoms with E-state index in [1.54, 1.807) is 6.08 Å². The first-order chi connectivity index (χ1) is 11.6. The zero-order chi connectivity index (χ0) is 17.8. The predicted octanol–water partition coefficient (Wildman–Crippen LogP) is 5.24. The Morgan fingerprint density at radius 1 is 1.08 bits per heavy atom. The molecule has 134 valence electrons. The molecule has 0 atom stereocenters. The molecule has 1 heterocycles. The average Bonchev–Trinajstić information content (AvgIpc) is 2.60. The fourth-order valence-electron chi connectivity index (χ4n) is 3.51. The molecule has 1 rings (SSSR count). The van der Waals surface area contributed by atoms with Gasteiger partial charge in [0.1, 0.15) is 0 Å². The minimum atomic E-state index is -2.55. The van der Waals surface area contributed by atoms with Crippen molar-refractivity contribution in [2.24, 2.45) is 0 Å². The van der Waals surface area contributed by atoms with Crippen molar-refractivity contribution in [3.05, 3.63) is 30.1 Å². The number of aliphatic carboxylic acids is 1. The van der Waals surface area contributed by atoms with Gasteiger partial charge in [-0.05, 0) is 0 Å². The quantitative estimate of drug-likeness (QED) is 0.359. The van der Waals surface area contributed by atoms with Gasteiger partial charge in [-0.15, -0.1) is 0 Å². The Balaban J connectivity index is 3.31. The Bertz CT molecular complexity index is 506. The Morgan fingerprint density at radius 2 is 1.62 bits per heavy atom. The van der Waals surface area contributed by atoms with E-state index in [9.17, 15) is 4.79 Å². The van der Waals surface area contributed by atoms with Crippen LogP contribution in [0.1, 0.15) is 64.9 Å². The number of hydrogen-bond donors (Lipinski definition) is 1. The van der Waals surface area contributed by atoms with Crippen LogP contribution < -0.4 is 3.58 Å². The van der Waals surface area contributed by atoms with Gasteiger partial charge < -0.3 is 0 Å². The predicted molar refractivity (Wildman–Crippen MR) is 105 cm³/mol. The third-order valence-corrected chi connectivity index (χ3v) is 20.6. The van der Waals surface area contributed by atoms with Crippen LogP contribution >= 0.6 is 0 Å². The van der Waals surface area contributed by atoms with Crippen molar-refractivity contribution in [2.45, 2.75) is 72.6 Å². The maximum atomic E-state index is 11.0. The summed E-state index contributed by atoms with van der Waals surface area (Å²) in [6, 6.07) is 2.21. The van der Waals surface area contributed by atoms with Crippen LogP contribution in [0.3, 0.4) is 0 Å². The first kappa shape index (κ1) is 21.2. The molecular weight excluding hydrogens is 405 g/mol. The second-order valence-electron chi connectivity index (χ2n) is 6.73. The molecule has 1 aromatic rings. The average molecular weight is 438 g/mol. The standard InChI is InChI=1S/C8H6NO2.3C4H9.Sn/c10-8(11)4-3-7-2-1-5-9-6-7;3*1-3-4-2;/h1,3-6H,(H,10,11);3*1,3-4H2,2H3;. The fourth-order valence-corrected chi connectivity index (χ4v) is 20.2. The van der Waals surface area contributed by atoms with Gasteiger partial charge in [0.25, 0.3) is 0 Å². The van der Waals surface area contributed by atoms with Crippen LogP contribution in [0.15, 0.2) is 24.5 Å². The van der Waals surface area contributed by atoms with Crippen LogP contribution in [0.25, 0.3) is 6.08 Å². The summed E-state index contributed by atoms with van der Waals surface area (Å²) < 4.78 is 5.63. The van der Waals surface area contributed by atoms with Gasteiger partial charge in [0.2, 0.25) is 0 Å². The van der Waals surface area contributed by atoms with Crippen LogP contribution in [-0.4, -0.2) is 34.4 Å². The molecule has 0 aliphatic heterocycles. The molecule has 0 aromatic carbocycles. The number of carboxylic acids is 1. The van der Waals surface area contributed by atoms with Crippen LogP contribution in [0.4, 0.5) is 0 Å². The van der Waals surface area contributed by atoms with E-state index in [2.05, 4.69) is 31.8 Å². The van der Waals surface area contributed by atoms with Gasteiger partial charge in [0, 0.05) is 0 Å². The number of nitrogens with zero attached hydrogens (tertiary/aromatic N) is 1. The topological polar surface area (TPSA) is 50.2 Å². The second kappa shape index (κ2) is 11.7. The monoisotopic (exact) mass is 439 g/mol. The van der Waals surface area contributed by atoms with E-state index in [1.165, 1.54) is 61.5 Å². The minimum absolute atomic E-state index is 0.888. The molecule has 3 nitrogen and oxygen atoms in total. The fraction of sp³-hybridized carbons (Fsp3) is 0.600. The maximum absolute atomic E-state index is 11.0. The van der Waals surface area contributed by atoms with E-state index in [0.717, 1.165) is 5.56 Å². The summed E-state index contributed by atoms with van der Waals surface area (Å²) in [6.07, 6.45) is 14.4. The van der Waals surface area contributed by atoms with Crippen molar-refractivity contribution in [1.29, 1.82) is 0 Å². The van der Waals surface area contributed by atoms with Gasteiger partial charge >= 0.3 is 152 Å².